The van der Waals surface area contributed by atoms with Crippen molar-refractivity contribution in [2.24, 2.45) is 0 Å². The highest BCUT2D eigenvalue weighted by Crippen LogP contribution is 2.45. The summed E-state index contributed by atoms with van der Waals surface area (Å²) in [7, 11) is 4.81. The number of nitrogens with one attached hydrogen (secondary N) is 1. The lowest BCUT2D eigenvalue weighted by atomic mass is 9.73. The predicted molar refractivity (Wildman–Crippen MR) is 112 cm³/mol. The number of ether oxygens (including phenoxy) is 3. The van der Waals surface area contributed by atoms with Crippen molar-refractivity contribution in [3.05, 3.63) is 64.9 Å². The second-order valence-corrected chi connectivity index (χ2v) is 7.61. The zero-order valence-electron chi connectivity index (χ0n) is 17.4. The van der Waals surface area contributed by atoms with E-state index in [9.17, 15) is 9.59 Å². The number of carbonyl (C=O) groups is 2. The van der Waals surface area contributed by atoms with Gasteiger partial charge < -0.3 is 19.5 Å². The molecule has 156 valence electrons. The third kappa shape index (κ3) is 3.65. The number of ketones is 1. The second kappa shape index (κ2) is 8.22. The number of carbonyl (C=O) groups excluding carboxylic acids is 2. The average Bonchev–Trinajstić information content (AvgIpc) is 2.77. The first-order valence-corrected chi connectivity index (χ1v) is 9.96. The summed E-state index contributed by atoms with van der Waals surface area (Å²) >= 11 is 0. The van der Waals surface area contributed by atoms with Gasteiger partial charge in [0.1, 0.15) is 17.2 Å². The van der Waals surface area contributed by atoms with Crippen LogP contribution in [0.1, 0.15) is 42.2 Å². The van der Waals surface area contributed by atoms with Crippen LogP contribution in [0.5, 0.6) is 17.2 Å². The van der Waals surface area contributed by atoms with Crippen LogP contribution < -0.4 is 19.5 Å². The minimum Gasteiger partial charge on any atom is -0.497 e. The van der Waals surface area contributed by atoms with Crippen molar-refractivity contribution in [1.82, 2.24) is 5.32 Å². The fourth-order valence-corrected chi connectivity index (χ4v) is 4.45. The van der Waals surface area contributed by atoms with Gasteiger partial charge in [0.15, 0.2) is 5.78 Å². The van der Waals surface area contributed by atoms with Crippen molar-refractivity contribution >= 4 is 11.7 Å². The number of methoxy groups -OCH3 is 3. The van der Waals surface area contributed by atoms with Crippen LogP contribution in [0.3, 0.4) is 0 Å². The van der Waals surface area contributed by atoms with Crippen LogP contribution in [0.2, 0.25) is 0 Å². The van der Waals surface area contributed by atoms with Crippen molar-refractivity contribution < 1.29 is 23.8 Å². The van der Waals surface area contributed by atoms with E-state index in [0.29, 0.717) is 29.9 Å². The van der Waals surface area contributed by atoms with Crippen LogP contribution in [-0.2, 0) is 9.59 Å². The molecule has 6 nitrogen and oxygen atoms in total. The molecule has 2 aromatic rings. The van der Waals surface area contributed by atoms with Gasteiger partial charge in [0, 0.05) is 35.6 Å². The van der Waals surface area contributed by atoms with Gasteiger partial charge in [0.25, 0.3) is 0 Å². The summed E-state index contributed by atoms with van der Waals surface area (Å²) in [6, 6.07) is 13.2. The van der Waals surface area contributed by atoms with Crippen molar-refractivity contribution in [3.63, 3.8) is 0 Å². The van der Waals surface area contributed by atoms with Crippen molar-refractivity contribution in [3.8, 4) is 17.2 Å². The van der Waals surface area contributed by atoms with E-state index in [1.54, 1.807) is 21.3 Å². The number of hydrogen-bond donors (Lipinski definition) is 1. The lowest BCUT2D eigenvalue weighted by Crippen LogP contribution is -2.38. The van der Waals surface area contributed by atoms with E-state index < -0.39 is 0 Å². The smallest absolute Gasteiger partial charge is 0.225 e. The SMILES string of the molecule is COc1ccc([C@H]2CC(=O)C3=C(C2)NC(=O)C[C@@H]3c2cc(OC)ccc2OC)cc1. The van der Waals surface area contributed by atoms with Crippen LogP contribution in [0, 0.1) is 0 Å². The predicted octanol–water partition coefficient (Wildman–Crippen LogP) is 3.72. The van der Waals surface area contributed by atoms with Gasteiger partial charge in [-0.05, 0) is 48.2 Å². The van der Waals surface area contributed by atoms with Crippen LogP contribution in [-0.4, -0.2) is 33.0 Å². The third-order valence-electron chi connectivity index (χ3n) is 5.94. The molecule has 2 atom stereocenters. The molecule has 1 heterocycles. The molecule has 0 saturated carbocycles. The number of allylic oxidation sites excluding steroid dienone is 2. The molecule has 2 aromatic carbocycles. The fourth-order valence-electron chi connectivity index (χ4n) is 4.45. The summed E-state index contributed by atoms with van der Waals surface area (Å²) in [6.07, 6.45) is 1.23. The highest BCUT2D eigenvalue weighted by molar-refractivity contribution is 6.02. The van der Waals surface area contributed by atoms with Crippen molar-refractivity contribution in [1.29, 1.82) is 0 Å². The molecule has 0 radical (unpaired) electrons. The molecule has 1 amide bonds. The highest BCUT2D eigenvalue weighted by atomic mass is 16.5. The van der Waals surface area contributed by atoms with Gasteiger partial charge in [-0.3, -0.25) is 9.59 Å². The van der Waals surface area contributed by atoms with Gasteiger partial charge in [-0.15, -0.1) is 0 Å². The quantitative estimate of drug-likeness (QED) is 0.818. The molecule has 2 aliphatic rings. The Kier molecular flexibility index (Phi) is 5.48. The van der Waals surface area contributed by atoms with Crippen LogP contribution in [0.15, 0.2) is 53.7 Å². The van der Waals surface area contributed by atoms with E-state index in [0.717, 1.165) is 22.6 Å². The largest absolute Gasteiger partial charge is 0.497 e. The molecule has 30 heavy (non-hydrogen) atoms. The minimum atomic E-state index is -0.344. The van der Waals surface area contributed by atoms with Gasteiger partial charge in [-0.2, -0.15) is 0 Å². The monoisotopic (exact) mass is 407 g/mol. The Hall–Kier alpha value is -3.28. The Bertz CT molecular complexity index is 1010. The Morgan fingerprint density at radius 1 is 0.833 bits per heavy atom. The second-order valence-electron chi connectivity index (χ2n) is 7.61. The lowest BCUT2D eigenvalue weighted by molar-refractivity contribution is -0.122. The van der Waals surface area contributed by atoms with Gasteiger partial charge in [-0.25, -0.2) is 0 Å². The summed E-state index contributed by atoms with van der Waals surface area (Å²) in [5.41, 5.74) is 3.27. The lowest BCUT2D eigenvalue weighted by Gasteiger charge is -2.35. The first-order chi connectivity index (χ1) is 14.5. The highest BCUT2D eigenvalue weighted by Gasteiger charge is 2.39. The van der Waals surface area contributed by atoms with E-state index in [2.05, 4.69) is 5.32 Å². The van der Waals surface area contributed by atoms with Gasteiger partial charge in [0.2, 0.25) is 5.91 Å². The number of rotatable bonds is 5. The van der Waals surface area contributed by atoms with Gasteiger partial charge in [0.05, 0.1) is 21.3 Å². The van der Waals surface area contributed by atoms with E-state index in [-0.39, 0.29) is 29.9 Å². The number of benzene rings is 2. The fraction of sp³-hybridized carbons (Fsp3) is 0.333. The Morgan fingerprint density at radius 2 is 1.53 bits per heavy atom. The van der Waals surface area contributed by atoms with Gasteiger partial charge >= 0.3 is 0 Å². The topological polar surface area (TPSA) is 73.9 Å². The van der Waals surface area contributed by atoms with E-state index in [1.165, 1.54) is 0 Å². The Morgan fingerprint density at radius 3 is 2.20 bits per heavy atom. The van der Waals surface area contributed by atoms with E-state index in [4.69, 9.17) is 14.2 Å². The molecular weight excluding hydrogens is 382 g/mol. The zero-order chi connectivity index (χ0) is 21.3. The van der Waals surface area contributed by atoms with Crippen molar-refractivity contribution in [2.45, 2.75) is 31.1 Å². The maximum absolute atomic E-state index is 13.3. The molecule has 0 saturated heterocycles. The molecule has 0 bridgehead atoms. The molecule has 6 heteroatoms. The number of hydrogen-bond acceptors (Lipinski definition) is 5. The zero-order valence-corrected chi connectivity index (χ0v) is 17.4. The summed E-state index contributed by atoms with van der Waals surface area (Å²) < 4.78 is 16.1. The average molecular weight is 407 g/mol. The summed E-state index contributed by atoms with van der Waals surface area (Å²) in [5.74, 6) is 1.73. The standard InChI is InChI=1S/C24H25NO5/c1-28-16-6-4-14(5-7-16)15-10-20-24(21(26)11-15)19(13-23(27)25-20)18-12-17(29-2)8-9-22(18)30-3/h4-9,12,15,19H,10-11,13H2,1-3H3,(H,25,27)/t15-,19-/m1/s1. The maximum Gasteiger partial charge on any atom is 0.225 e. The summed E-state index contributed by atoms with van der Waals surface area (Å²) in [5, 5.41) is 2.96. The Labute approximate surface area is 175 Å². The Balaban J connectivity index is 1.72. The maximum atomic E-state index is 13.3. The number of amides is 1. The molecule has 1 aliphatic carbocycles. The molecule has 0 fully saturated rings. The first kappa shape index (κ1) is 20.0. The minimum absolute atomic E-state index is 0.0217. The molecule has 0 unspecified atom stereocenters. The molecule has 1 aliphatic heterocycles. The van der Waals surface area contributed by atoms with Gasteiger partial charge in [-0.1, -0.05) is 12.1 Å². The van der Waals surface area contributed by atoms with E-state index >= 15 is 0 Å². The summed E-state index contributed by atoms with van der Waals surface area (Å²) in [6.45, 7) is 0. The van der Waals surface area contributed by atoms with E-state index in [1.807, 2.05) is 42.5 Å². The van der Waals surface area contributed by atoms with Crippen LogP contribution in [0.25, 0.3) is 0 Å². The molecular formula is C24H25NO5. The van der Waals surface area contributed by atoms with Crippen LogP contribution in [0.4, 0.5) is 0 Å². The molecule has 1 N–H and O–H groups in total. The summed E-state index contributed by atoms with van der Waals surface area (Å²) in [4.78, 5) is 25.8. The van der Waals surface area contributed by atoms with Crippen molar-refractivity contribution in [2.75, 3.05) is 21.3 Å². The molecule has 4 rings (SSSR count). The van der Waals surface area contributed by atoms with Crippen LogP contribution >= 0.6 is 0 Å². The number of Topliss-reactive ketones (excluding diaryl/α,β-unsaturated/α-hetero) is 1. The third-order valence-corrected chi connectivity index (χ3v) is 5.94. The molecule has 0 spiro atoms. The first-order valence-electron chi connectivity index (χ1n) is 9.96. The molecule has 0 aromatic heterocycles. The normalized spacial score (nSPS) is 21.0.